The molecule has 0 radical (unpaired) electrons. The molecule has 0 saturated carbocycles. The number of ether oxygens (including phenoxy) is 2. The molecule has 0 spiro atoms. The van der Waals surface area contributed by atoms with E-state index in [1.807, 2.05) is 0 Å². The summed E-state index contributed by atoms with van der Waals surface area (Å²) >= 11 is 11.8. The second-order valence-corrected chi connectivity index (χ2v) is 9.93. The topological polar surface area (TPSA) is 77.4 Å². The number of nitrogens with zero attached hydrogens (tertiary/aromatic N) is 2. The molecule has 1 heterocycles. The molecule has 32 heavy (non-hydrogen) atoms. The molecule has 1 unspecified atom stereocenters. The van der Waals surface area contributed by atoms with Gasteiger partial charge < -0.3 is 14.3 Å². The number of carbonyl (C=O) groups excluding carboxylic acids is 2. The van der Waals surface area contributed by atoms with Crippen molar-refractivity contribution in [1.82, 2.24) is 4.90 Å². The number of amidine groups is 1. The van der Waals surface area contributed by atoms with Crippen molar-refractivity contribution in [1.29, 1.82) is 0 Å². The summed E-state index contributed by atoms with van der Waals surface area (Å²) in [7, 11) is 0. The molecule has 178 valence electrons. The van der Waals surface area contributed by atoms with E-state index in [4.69, 9.17) is 37.5 Å². The number of alkyl halides is 3. The summed E-state index contributed by atoms with van der Waals surface area (Å²) in [5.41, 5.74) is -5.61. The molecule has 1 atom stereocenters. The number of benzene rings is 1. The Kier molecular flexibility index (Phi) is 7.02. The van der Waals surface area contributed by atoms with Gasteiger partial charge in [-0.25, -0.2) is 9.59 Å². The van der Waals surface area contributed by atoms with Crippen LogP contribution in [0.25, 0.3) is 0 Å². The van der Waals surface area contributed by atoms with Crippen LogP contribution in [-0.2, 0) is 19.9 Å². The van der Waals surface area contributed by atoms with Crippen molar-refractivity contribution in [2.45, 2.75) is 70.9 Å². The summed E-state index contributed by atoms with van der Waals surface area (Å²) in [4.78, 5) is 30.6. The van der Waals surface area contributed by atoms with Gasteiger partial charge in [0.1, 0.15) is 11.2 Å². The Morgan fingerprint density at radius 3 is 1.78 bits per heavy atom. The average molecular weight is 499 g/mol. The molecule has 1 aliphatic heterocycles. The van der Waals surface area contributed by atoms with Gasteiger partial charge >= 0.3 is 18.4 Å². The Morgan fingerprint density at radius 2 is 1.41 bits per heavy atom. The first-order valence-electron chi connectivity index (χ1n) is 9.39. The third-order valence-electron chi connectivity index (χ3n) is 3.91. The lowest BCUT2D eigenvalue weighted by Gasteiger charge is -2.31. The molecule has 0 N–H and O–H groups in total. The van der Waals surface area contributed by atoms with Gasteiger partial charge in [-0.05, 0) is 59.7 Å². The summed E-state index contributed by atoms with van der Waals surface area (Å²) < 4.78 is 53.0. The zero-order valence-corrected chi connectivity index (χ0v) is 19.8. The van der Waals surface area contributed by atoms with E-state index in [-0.39, 0.29) is 14.9 Å². The maximum absolute atomic E-state index is 14.2. The van der Waals surface area contributed by atoms with Gasteiger partial charge in [-0.1, -0.05) is 28.4 Å². The summed E-state index contributed by atoms with van der Waals surface area (Å²) in [6, 6.07) is 3.29. The summed E-state index contributed by atoms with van der Waals surface area (Å²) in [6.45, 7) is 9.16. The smallest absolute Gasteiger partial charge is 0.435 e. The van der Waals surface area contributed by atoms with E-state index in [1.165, 1.54) is 47.6 Å². The number of carbonyl (C=O) groups is 2. The Bertz CT molecular complexity index is 890. The molecule has 0 bridgehead atoms. The Labute approximate surface area is 193 Å². The number of amides is 2. The fourth-order valence-corrected chi connectivity index (χ4v) is 3.22. The molecule has 2 rings (SSSR count). The zero-order valence-electron chi connectivity index (χ0n) is 18.3. The van der Waals surface area contributed by atoms with Gasteiger partial charge in [0.25, 0.3) is 5.60 Å². The molecule has 7 nitrogen and oxygen atoms in total. The normalized spacial score (nSPS) is 19.2. The maximum atomic E-state index is 14.2. The van der Waals surface area contributed by atoms with Crippen LogP contribution >= 0.6 is 23.2 Å². The first-order chi connectivity index (χ1) is 14.3. The number of hydrogen-bond donors (Lipinski definition) is 0. The number of halogens is 5. The van der Waals surface area contributed by atoms with Gasteiger partial charge in [0, 0.05) is 15.6 Å². The van der Waals surface area contributed by atoms with Gasteiger partial charge in [0.2, 0.25) is 0 Å². The van der Waals surface area contributed by atoms with Crippen LogP contribution in [0.1, 0.15) is 53.5 Å². The molecular formula is C20H23Cl2F3N2O5. The zero-order chi connectivity index (χ0) is 24.7. The Balaban J connectivity index is 2.51. The van der Waals surface area contributed by atoms with Crippen LogP contribution in [0, 0.1) is 0 Å². The van der Waals surface area contributed by atoms with Gasteiger partial charge in [-0.3, -0.25) is 0 Å². The number of rotatable bonds is 1. The predicted octanol–water partition coefficient (Wildman–Crippen LogP) is 6.66. The number of imide groups is 1. The van der Waals surface area contributed by atoms with Gasteiger partial charge in [-0.15, -0.1) is 0 Å². The van der Waals surface area contributed by atoms with Crippen molar-refractivity contribution < 1.29 is 37.1 Å². The average Bonchev–Trinajstić information content (AvgIpc) is 2.96. The van der Waals surface area contributed by atoms with E-state index < -0.39 is 53.0 Å². The van der Waals surface area contributed by atoms with E-state index in [1.54, 1.807) is 0 Å². The largest absolute Gasteiger partial charge is 0.443 e. The van der Waals surface area contributed by atoms with Crippen LogP contribution in [0.15, 0.2) is 23.4 Å². The van der Waals surface area contributed by atoms with Crippen molar-refractivity contribution in [3.8, 4) is 0 Å². The fourth-order valence-electron chi connectivity index (χ4n) is 2.70. The van der Waals surface area contributed by atoms with Crippen LogP contribution in [0.4, 0.5) is 22.8 Å². The summed E-state index contributed by atoms with van der Waals surface area (Å²) in [5.74, 6) is -0.651. The molecule has 1 aromatic rings. The van der Waals surface area contributed by atoms with Crippen molar-refractivity contribution in [3.05, 3.63) is 33.8 Å². The molecule has 1 aliphatic rings. The van der Waals surface area contributed by atoms with E-state index in [9.17, 15) is 22.8 Å². The lowest BCUT2D eigenvalue weighted by Crippen LogP contribution is -2.49. The van der Waals surface area contributed by atoms with E-state index in [0.717, 1.165) is 12.1 Å². The molecule has 2 amide bonds. The lowest BCUT2D eigenvalue weighted by atomic mass is 9.89. The standard InChI is InChI=1S/C20H23Cl2F3N2O5/c1-17(2,3)30-15(28)27(16(29)31-18(4,5)6)14-10-19(32-26-14,20(23,24)25)11-7-12(21)9-13(22)8-11/h7-9H,10H2,1-6H3. The second kappa shape index (κ2) is 8.62. The third-order valence-corrected chi connectivity index (χ3v) is 4.35. The van der Waals surface area contributed by atoms with Crippen LogP contribution in [0.2, 0.25) is 10.0 Å². The van der Waals surface area contributed by atoms with Crippen molar-refractivity contribution >= 4 is 41.2 Å². The SMILES string of the molecule is CC(C)(C)OC(=O)N(C(=O)OC(C)(C)C)C1=NOC(c2cc(Cl)cc(Cl)c2)(C(F)(F)F)C1. The maximum Gasteiger partial charge on any atom is 0.435 e. The highest BCUT2D eigenvalue weighted by molar-refractivity contribution is 6.34. The molecule has 0 fully saturated rings. The van der Waals surface area contributed by atoms with E-state index in [0.29, 0.717) is 0 Å². The van der Waals surface area contributed by atoms with Gasteiger partial charge in [0.15, 0.2) is 5.84 Å². The van der Waals surface area contributed by atoms with E-state index >= 15 is 0 Å². The summed E-state index contributed by atoms with van der Waals surface area (Å²) in [5, 5.41) is 3.30. The first-order valence-corrected chi connectivity index (χ1v) is 10.1. The minimum Gasteiger partial charge on any atom is -0.443 e. The Morgan fingerprint density at radius 1 is 0.969 bits per heavy atom. The third kappa shape index (κ3) is 5.98. The first kappa shape index (κ1) is 26.1. The molecule has 0 aromatic heterocycles. The predicted molar refractivity (Wildman–Crippen MR) is 112 cm³/mol. The van der Waals surface area contributed by atoms with Crippen LogP contribution in [-0.4, -0.2) is 40.3 Å². The molecule has 12 heteroatoms. The van der Waals surface area contributed by atoms with Gasteiger partial charge in [-0.2, -0.15) is 18.1 Å². The van der Waals surface area contributed by atoms with Crippen molar-refractivity contribution in [3.63, 3.8) is 0 Å². The van der Waals surface area contributed by atoms with Crippen LogP contribution < -0.4 is 0 Å². The minimum absolute atomic E-state index is 0.0654. The molecule has 0 aliphatic carbocycles. The van der Waals surface area contributed by atoms with Crippen molar-refractivity contribution in [2.24, 2.45) is 5.16 Å². The monoisotopic (exact) mass is 498 g/mol. The van der Waals surface area contributed by atoms with Gasteiger partial charge in [0.05, 0.1) is 6.42 Å². The molecular weight excluding hydrogens is 476 g/mol. The summed E-state index contributed by atoms with van der Waals surface area (Å²) in [6.07, 6.45) is -8.58. The lowest BCUT2D eigenvalue weighted by molar-refractivity contribution is -0.275. The van der Waals surface area contributed by atoms with Crippen LogP contribution in [0.5, 0.6) is 0 Å². The fraction of sp³-hybridized carbons (Fsp3) is 0.550. The van der Waals surface area contributed by atoms with E-state index in [2.05, 4.69) is 5.16 Å². The molecule has 0 saturated heterocycles. The second-order valence-electron chi connectivity index (χ2n) is 9.05. The van der Waals surface area contributed by atoms with Crippen LogP contribution in [0.3, 0.4) is 0 Å². The number of oxime groups is 1. The highest BCUT2D eigenvalue weighted by atomic mass is 35.5. The quantitative estimate of drug-likeness (QED) is 0.432. The highest BCUT2D eigenvalue weighted by Crippen LogP contribution is 2.49. The number of hydrogen-bond acceptors (Lipinski definition) is 6. The Hall–Kier alpha value is -2.20. The van der Waals surface area contributed by atoms with Crippen molar-refractivity contribution in [2.75, 3.05) is 0 Å². The minimum atomic E-state index is -5.01. The molecule has 1 aromatic carbocycles. The highest BCUT2D eigenvalue weighted by Gasteiger charge is 2.64.